The third kappa shape index (κ3) is 2.94. The molecule has 5 nitrogen and oxygen atoms in total. The van der Waals surface area contributed by atoms with Crippen molar-refractivity contribution in [2.24, 2.45) is 5.90 Å². The molecule has 1 aromatic carbocycles. The third-order valence-electron chi connectivity index (χ3n) is 3.06. The summed E-state index contributed by atoms with van der Waals surface area (Å²) in [6.07, 6.45) is 4.33. The maximum Gasteiger partial charge on any atom is 0.332 e. The number of imidazole rings is 1. The van der Waals surface area contributed by atoms with Crippen LogP contribution < -0.4 is 11.6 Å². The molecule has 0 fully saturated rings. The van der Waals surface area contributed by atoms with Gasteiger partial charge in [-0.1, -0.05) is 12.1 Å². The van der Waals surface area contributed by atoms with Gasteiger partial charge in [-0.25, -0.2) is 10.7 Å². The van der Waals surface area contributed by atoms with Gasteiger partial charge in [0.1, 0.15) is 0 Å². The first-order valence-electron chi connectivity index (χ1n) is 6.34. The first-order chi connectivity index (χ1) is 9.13. The lowest BCUT2D eigenvalue weighted by Gasteiger charge is -2.06. The predicted molar refractivity (Wildman–Crippen MR) is 74.3 cm³/mol. The summed E-state index contributed by atoms with van der Waals surface area (Å²) in [6.45, 7) is 4.44. The van der Waals surface area contributed by atoms with Crippen LogP contribution in [0.25, 0.3) is 5.69 Å². The first kappa shape index (κ1) is 13.6. The second kappa shape index (κ2) is 5.86. The zero-order chi connectivity index (χ0) is 13.8. The Morgan fingerprint density at radius 3 is 2.74 bits per heavy atom. The molecule has 0 aliphatic rings. The maximum atomic E-state index is 12.2. The summed E-state index contributed by atoms with van der Waals surface area (Å²) < 4.78 is 3.35. The molecular formula is C14H19N3O2. The molecule has 0 atom stereocenters. The number of nitrogens with two attached hydrogens (primary N) is 1. The summed E-state index contributed by atoms with van der Waals surface area (Å²) in [7, 11) is 0. The van der Waals surface area contributed by atoms with E-state index in [2.05, 4.69) is 4.84 Å². The van der Waals surface area contributed by atoms with Crippen LogP contribution in [0.5, 0.6) is 0 Å². The topological polar surface area (TPSA) is 62.2 Å². The number of aromatic nitrogens is 2. The van der Waals surface area contributed by atoms with Crippen molar-refractivity contribution in [1.29, 1.82) is 0 Å². The van der Waals surface area contributed by atoms with E-state index in [9.17, 15) is 4.79 Å². The van der Waals surface area contributed by atoms with Crippen molar-refractivity contribution >= 4 is 0 Å². The Kier molecular flexibility index (Phi) is 4.19. The summed E-state index contributed by atoms with van der Waals surface area (Å²) in [6, 6.07) is 7.97. The fraction of sp³-hybridized carbons (Fsp3) is 0.357. The van der Waals surface area contributed by atoms with Crippen LogP contribution in [0.15, 0.2) is 41.5 Å². The molecule has 19 heavy (non-hydrogen) atoms. The van der Waals surface area contributed by atoms with Crippen LogP contribution in [0.4, 0.5) is 0 Å². The average Bonchev–Trinajstić information content (AvgIpc) is 2.78. The van der Waals surface area contributed by atoms with Gasteiger partial charge in [-0.05, 0) is 38.0 Å². The Labute approximate surface area is 112 Å². The highest BCUT2D eigenvalue weighted by Crippen LogP contribution is 2.10. The Morgan fingerprint density at radius 2 is 2.11 bits per heavy atom. The van der Waals surface area contributed by atoms with Crippen LogP contribution in [0.2, 0.25) is 0 Å². The Morgan fingerprint density at radius 1 is 1.32 bits per heavy atom. The van der Waals surface area contributed by atoms with Gasteiger partial charge in [0.2, 0.25) is 0 Å². The van der Waals surface area contributed by atoms with Crippen molar-refractivity contribution in [1.82, 2.24) is 9.13 Å². The molecule has 0 saturated carbocycles. The predicted octanol–water partition coefficient (Wildman–Crippen LogP) is 1.65. The molecule has 2 rings (SSSR count). The normalized spacial score (nSPS) is 11.2. The molecule has 0 aliphatic carbocycles. The summed E-state index contributed by atoms with van der Waals surface area (Å²) in [5.41, 5.74) is 1.92. The molecule has 0 bridgehead atoms. The van der Waals surface area contributed by atoms with Crippen molar-refractivity contribution in [2.45, 2.75) is 26.3 Å². The van der Waals surface area contributed by atoms with Crippen molar-refractivity contribution in [3.63, 3.8) is 0 Å². The Balaban J connectivity index is 2.34. The fourth-order valence-corrected chi connectivity index (χ4v) is 2.02. The number of benzene rings is 1. The van der Waals surface area contributed by atoms with Gasteiger partial charge in [-0.3, -0.25) is 9.13 Å². The van der Waals surface area contributed by atoms with E-state index in [1.807, 2.05) is 44.3 Å². The van der Waals surface area contributed by atoms with Crippen LogP contribution in [-0.4, -0.2) is 15.7 Å². The molecule has 1 heterocycles. The van der Waals surface area contributed by atoms with E-state index in [0.717, 1.165) is 17.7 Å². The lowest BCUT2D eigenvalue weighted by Crippen LogP contribution is -2.24. The smallest absolute Gasteiger partial charge is 0.304 e. The van der Waals surface area contributed by atoms with Gasteiger partial charge in [0.05, 0.1) is 12.3 Å². The molecule has 0 spiro atoms. The number of rotatable bonds is 5. The molecule has 0 saturated heterocycles. The van der Waals surface area contributed by atoms with E-state index >= 15 is 0 Å². The zero-order valence-electron chi connectivity index (χ0n) is 11.2. The molecule has 102 valence electrons. The minimum Gasteiger partial charge on any atom is -0.304 e. The van der Waals surface area contributed by atoms with E-state index in [-0.39, 0.29) is 11.7 Å². The van der Waals surface area contributed by atoms with E-state index in [0.29, 0.717) is 6.61 Å². The molecule has 2 N–H and O–H groups in total. The highest BCUT2D eigenvalue weighted by molar-refractivity contribution is 5.36. The van der Waals surface area contributed by atoms with Gasteiger partial charge in [-0.15, -0.1) is 0 Å². The largest absolute Gasteiger partial charge is 0.332 e. The van der Waals surface area contributed by atoms with Gasteiger partial charge in [0, 0.05) is 18.4 Å². The molecule has 5 heteroatoms. The van der Waals surface area contributed by atoms with E-state index in [1.54, 1.807) is 15.3 Å². The van der Waals surface area contributed by atoms with Crippen LogP contribution in [0, 0.1) is 0 Å². The summed E-state index contributed by atoms with van der Waals surface area (Å²) >= 11 is 0. The molecule has 0 unspecified atom stereocenters. The lowest BCUT2D eigenvalue weighted by molar-refractivity contribution is 0.141. The third-order valence-corrected chi connectivity index (χ3v) is 3.06. The summed E-state index contributed by atoms with van der Waals surface area (Å²) in [5, 5.41) is 0. The van der Waals surface area contributed by atoms with Crippen LogP contribution in [-0.2, 0) is 11.3 Å². The summed E-state index contributed by atoms with van der Waals surface area (Å²) in [5.74, 6) is 5.03. The first-order valence-corrected chi connectivity index (χ1v) is 6.34. The lowest BCUT2D eigenvalue weighted by atomic mass is 10.1. The average molecular weight is 261 g/mol. The minimum absolute atomic E-state index is 0.0257. The molecule has 1 aromatic heterocycles. The van der Waals surface area contributed by atoms with Gasteiger partial charge in [0.15, 0.2) is 0 Å². The van der Waals surface area contributed by atoms with Crippen LogP contribution in [0.1, 0.15) is 25.5 Å². The molecule has 0 aliphatic heterocycles. The van der Waals surface area contributed by atoms with Crippen LogP contribution >= 0.6 is 0 Å². The zero-order valence-corrected chi connectivity index (χ0v) is 11.2. The van der Waals surface area contributed by atoms with Gasteiger partial charge in [0.25, 0.3) is 0 Å². The van der Waals surface area contributed by atoms with Crippen molar-refractivity contribution < 1.29 is 4.84 Å². The van der Waals surface area contributed by atoms with E-state index in [1.165, 1.54) is 0 Å². The monoisotopic (exact) mass is 261 g/mol. The quantitative estimate of drug-likeness (QED) is 0.832. The summed E-state index contributed by atoms with van der Waals surface area (Å²) in [4.78, 5) is 16.8. The highest BCUT2D eigenvalue weighted by Gasteiger charge is 2.07. The number of hydrogen-bond acceptors (Lipinski definition) is 3. The molecule has 2 aromatic rings. The minimum atomic E-state index is -0.0257. The van der Waals surface area contributed by atoms with Crippen molar-refractivity contribution in [3.05, 3.63) is 52.7 Å². The number of nitrogens with zero attached hydrogens (tertiary/aromatic N) is 2. The molecule has 0 radical (unpaired) electrons. The maximum absolute atomic E-state index is 12.2. The van der Waals surface area contributed by atoms with Crippen molar-refractivity contribution in [3.8, 4) is 5.69 Å². The van der Waals surface area contributed by atoms with Gasteiger partial charge < -0.3 is 4.84 Å². The van der Waals surface area contributed by atoms with Gasteiger partial charge in [-0.2, -0.15) is 0 Å². The SMILES string of the molecule is CC(C)n1ccn(-c2cccc(CCON)c2)c1=O. The van der Waals surface area contributed by atoms with E-state index < -0.39 is 0 Å². The second-order valence-corrected chi connectivity index (χ2v) is 4.74. The fourth-order valence-electron chi connectivity index (χ4n) is 2.02. The number of hydrogen-bond donors (Lipinski definition) is 1. The van der Waals surface area contributed by atoms with Crippen LogP contribution in [0.3, 0.4) is 0 Å². The second-order valence-electron chi connectivity index (χ2n) is 4.74. The molecule has 0 amide bonds. The Bertz CT molecular complexity index is 599. The standard InChI is InChI=1S/C14H19N3O2/c1-11(2)16-7-8-17(14(16)18)13-5-3-4-12(10-13)6-9-19-15/h3-5,7-8,10-11H,6,9,15H2,1-2H3. The molecular weight excluding hydrogens is 242 g/mol. The van der Waals surface area contributed by atoms with Gasteiger partial charge >= 0.3 is 5.69 Å². The highest BCUT2D eigenvalue weighted by atomic mass is 16.6. The van der Waals surface area contributed by atoms with E-state index in [4.69, 9.17) is 5.90 Å². The van der Waals surface area contributed by atoms with Crippen molar-refractivity contribution in [2.75, 3.05) is 6.61 Å². The Hall–Kier alpha value is -1.85.